The lowest BCUT2D eigenvalue weighted by atomic mass is 10.1. The maximum Gasteiger partial charge on any atom is 0.225 e. The Hall–Kier alpha value is -3.88. The van der Waals surface area contributed by atoms with Gasteiger partial charge in [0.15, 0.2) is 17.1 Å². The van der Waals surface area contributed by atoms with E-state index in [1.807, 2.05) is 23.0 Å². The fourth-order valence-electron chi connectivity index (χ4n) is 3.19. The van der Waals surface area contributed by atoms with Crippen molar-refractivity contribution < 1.29 is 9.52 Å². The van der Waals surface area contributed by atoms with Crippen LogP contribution in [0.4, 0.5) is 5.95 Å². The molecule has 0 spiro atoms. The second-order valence-electron chi connectivity index (χ2n) is 6.52. The van der Waals surface area contributed by atoms with Crippen LogP contribution in [0, 0.1) is 0 Å². The van der Waals surface area contributed by atoms with Crippen molar-refractivity contribution >= 4 is 22.6 Å². The van der Waals surface area contributed by atoms with Gasteiger partial charge in [0.25, 0.3) is 0 Å². The zero-order valence-electron chi connectivity index (χ0n) is 14.9. The SMILES string of the molecule is Nc1nc2nn(CCCc3ccc(O)cc3)cc2c2nc(-c3ccco3)nn12. The number of fused-ring (bicyclic) bond motifs is 3. The molecule has 0 saturated carbocycles. The molecule has 0 aliphatic rings. The molecule has 9 nitrogen and oxygen atoms in total. The van der Waals surface area contributed by atoms with Crippen molar-refractivity contribution in [1.29, 1.82) is 0 Å². The van der Waals surface area contributed by atoms with E-state index in [4.69, 9.17) is 10.2 Å². The highest BCUT2D eigenvalue weighted by Gasteiger charge is 2.16. The fraction of sp³-hybridized carbons (Fsp3) is 0.158. The van der Waals surface area contributed by atoms with Crippen LogP contribution in [-0.2, 0) is 13.0 Å². The van der Waals surface area contributed by atoms with Crippen LogP contribution in [-0.4, -0.2) is 34.5 Å². The third kappa shape index (κ3) is 2.82. The Bertz CT molecular complexity index is 1250. The third-order valence-electron chi connectivity index (χ3n) is 4.56. The lowest BCUT2D eigenvalue weighted by Crippen LogP contribution is -2.02. The zero-order chi connectivity index (χ0) is 19.1. The van der Waals surface area contributed by atoms with Gasteiger partial charge < -0.3 is 15.3 Å². The molecule has 0 radical (unpaired) electrons. The molecule has 4 aromatic heterocycles. The number of phenols is 1. The number of aryl methyl sites for hydroxylation is 2. The van der Waals surface area contributed by atoms with Crippen LogP contribution in [0.1, 0.15) is 12.0 Å². The van der Waals surface area contributed by atoms with Gasteiger partial charge in [0.1, 0.15) is 5.75 Å². The number of benzene rings is 1. The van der Waals surface area contributed by atoms with Gasteiger partial charge in [-0.25, -0.2) is 4.98 Å². The topological polar surface area (TPSA) is 120 Å². The summed E-state index contributed by atoms with van der Waals surface area (Å²) in [5.41, 5.74) is 8.33. The van der Waals surface area contributed by atoms with Crippen LogP contribution in [0.2, 0.25) is 0 Å². The van der Waals surface area contributed by atoms with Gasteiger partial charge in [-0.05, 0) is 42.7 Å². The van der Waals surface area contributed by atoms with Crippen LogP contribution in [0.25, 0.3) is 28.3 Å². The van der Waals surface area contributed by atoms with Crippen molar-refractivity contribution in [3.63, 3.8) is 0 Å². The molecular formula is C19H17N7O2. The standard InChI is InChI=1S/C19H17N7O2/c20-19-22-16-14(18-21-17(24-26(18)19)15-4-2-10-28-15)11-25(23-16)9-1-3-12-5-7-13(27)8-6-12/h2,4-8,10-11,27H,1,3,9H2,(H2,20,22,23). The summed E-state index contributed by atoms with van der Waals surface area (Å²) >= 11 is 0. The van der Waals surface area contributed by atoms with Gasteiger partial charge in [-0.15, -0.1) is 5.10 Å². The highest BCUT2D eigenvalue weighted by atomic mass is 16.3. The van der Waals surface area contributed by atoms with Gasteiger partial charge in [0.2, 0.25) is 11.8 Å². The summed E-state index contributed by atoms with van der Waals surface area (Å²) < 4.78 is 8.72. The lowest BCUT2D eigenvalue weighted by Gasteiger charge is -2.02. The van der Waals surface area contributed by atoms with Crippen molar-refractivity contribution in [1.82, 2.24) is 29.4 Å². The van der Waals surface area contributed by atoms with Gasteiger partial charge in [0.05, 0.1) is 11.6 Å². The van der Waals surface area contributed by atoms with Crippen LogP contribution in [0.3, 0.4) is 0 Å². The highest BCUT2D eigenvalue weighted by molar-refractivity contribution is 5.90. The Morgan fingerprint density at radius 3 is 2.71 bits per heavy atom. The molecule has 5 rings (SSSR count). The quantitative estimate of drug-likeness (QED) is 0.484. The van der Waals surface area contributed by atoms with Gasteiger partial charge in [-0.1, -0.05) is 12.1 Å². The number of rotatable bonds is 5. The smallest absolute Gasteiger partial charge is 0.225 e. The minimum Gasteiger partial charge on any atom is -0.508 e. The Morgan fingerprint density at radius 1 is 1.07 bits per heavy atom. The van der Waals surface area contributed by atoms with Crippen molar-refractivity contribution in [3.8, 4) is 17.3 Å². The van der Waals surface area contributed by atoms with Crippen molar-refractivity contribution in [2.45, 2.75) is 19.4 Å². The lowest BCUT2D eigenvalue weighted by molar-refractivity contribution is 0.475. The van der Waals surface area contributed by atoms with Crippen LogP contribution in [0.15, 0.2) is 53.3 Å². The number of anilines is 1. The summed E-state index contributed by atoms with van der Waals surface area (Å²) in [6, 6.07) is 10.8. The van der Waals surface area contributed by atoms with Crippen molar-refractivity contribution in [2.75, 3.05) is 5.73 Å². The maximum atomic E-state index is 9.36. The number of hydrogen-bond acceptors (Lipinski definition) is 7. The summed E-state index contributed by atoms with van der Waals surface area (Å²) in [6.07, 6.45) is 5.27. The van der Waals surface area contributed by atoms with E-state index in [1.165, 1.54) is 10.1 Å². The van der Waals surface area contributed by atoms with Crippen molar-refractivity contribution in [3.05, 3.63) is 54.4 Å². The van der Waals surface area contributed by atoms with Crippen LogP contribution < -0.4 is 5.73 Å². The zero-order valence-corrected chi connectivity index (χ0v) is 14.9. The molecule has 0 unspecified atom stereocenters. The van der Waals surface area contributed by atoms with Gasteiger partial charge in [-0.3, -0.25) is 4.68 Å². The molecule has 28 heavy (non-hydrogen) atoms. The maximum absolute atomic E-state index is 9.36. The number of nitrogens with zero attached hydrogens (tertiary/aromatic N) is 6. The molecule has 0 amide bonds. The molecule has 0 bridgehead atoms. The normalized spacial score (nSPS) is 11.6. The predicted molar refractivity (Wildman–Crippen MR) is 103 cm³/mol. The molecule has 1 aromatic carbocycles. The third-order valence-corrected chi connectivity index (χ3v) is 4.56. The highest BCUT2D eigenvalue weighted by Crippen LogP contribution is 2.23. The molecule has 0 atom stereocenters. The van der Waals surface area contributed by atoms with E-state index in [0.29, 0.717) is 22.9 Å². The first-order valence-electron chi connectivity index (χ1n) is 8.88. The fourth-order valence-corrected chi connectivity index (χ4v) is 3.19. The average Bonchev–Trinajstić information content (AvgIpc) is 3.42. The summed E-state index contributed by atoms with van der Waals surface area (Å²) in [7, 11) is 0. The number of phenolic OH excluding ortho intramolecular Hbond substituents is 1. The van der Waals surface area contributed by atoms with E-state index in [1.54, 1.807) is 30.5 Å². The Kier molecular flexibility index (Phi) is 3.71. The molecule has 0 fully saturated rings. The number of nitrogens with two attached hydrogens (primary N) is 1. The predicted octanol–water partition coefficient (Wildman–Crippen LogP) is 2.65. The average molecular weight is 375 g/mol. The van der Waals surface area contributed by atoms with E-state index in [0.717, 1.165) is 24.8 Å². The van der Waals surface area contributed by atoms with Crippen molar-refractivity contribution in [2.24, 2.45) is 0 Å². The summed E-state index contributed by atoms with van der Waals surface area (Å²) in [5, 5.41) is 19.1. The number of nitrogen functional groups attached to an aromatic ring is 1. The number of aromatic nitrogens is 6. The number of hydrogen-bond donors (Lipinski definition) is 2. The molecule has 0 aliphatic heterocycles. The summed E-state index contributed by atoms with van der Waals surface area (Å²) in [5.74, 6) is 1.52. The Labute approximate surface area is 159 Å². The first-order chi connectivity index (χ1) is 13.7. The second-order valence-corrected chi connectivity index (χ2v) is 6.52. The second kappa shape index (κ2) is 6.38. The van der Waals surface area contributed by atoms with Gasteiger partial charge in [-0.2, -0.15) is 14.6 Å². The van der Waals surface area contributed by atoms with E-state index in [2.05, 4.69) is 20.2 Å². The molecular weight excluding hydrogens is 358 g/mol. The summed E-state index contributed by atoms with van der Waals surface area (Å²) in [6.45, 7) is 0.725. The largest absolute Gasteiger partial charge is 0.508 e. The Morgan fingerprint density at radius 2 is 1.93 bits per heavy atom. The first-order valence-corrected chi connectivity index (χ1v) is 8.88. The Balaban J connectivity index is 1.43. The molecule has 9 heteroatoms. The summed E-state index contributed by atoms with van der Waals surface area (Å²) in [4.78, 5) is 8.90. The van der Waals surface area contributed by atoms with Crippen LogP contribution in [0.5, 0.6) is 5.75 Å². The van der Waals surface area contributed by atoms with E-state index in [9.17, 15) is 5.11 Å². The minimum absolute atomic E-state index is 0.224. The van der Waals surface area contributed by atoms with E-state index < -0.39 is 0 Å². The van der Waals surface area contributed by atoms with E-state index >= 15 is 0 Å². The first kappa shape index (κ1) is 16.3. The molecule has 4 heterocycles. The monoisotopic (exact) mass is 375 g/mol. The molecule has 0 aliphatic carbocycles. The molecule has 5 aromatic rings. The minimum atomic E-state index is 0.224. The molecule has 0 saturated heterocycles. The molecule has 3 N–H and O–H groups in total. The van der Waals surface area contributed by atoms with Gasteiger partial charge >= 0.3 is 0 Å². The number of aromatic hydroxyl groups is 1. The molecule has 140 valence electrons. The van der Waals surface area contributed by atoms with Gasteiger partial charge in [0, 0.05) is 12.7 Å². The number of furan rings is 1. The van der Waals surface area contributed by atoms with E-state index in [-0.39, 0.29) is 11.7 Å². The van der Waals surface area contributed by atoms with Crippen LogP contribution >= 0.6 is 0 Å².